The van der Waals surface area contributed by atoms with Crippen LogP contribution in [0.5, 0.6) is 0 Å². The van der Waals surface area contributed by atoms with Crippen LogP contribution in [-0.2, 0) is 9.59 Å². The minimum atomic E-state index is 0.187. The van der Waals surface area contributed by atoms with Gasteiger partial charge in [0.05, 0.1) is 6.54 Å². The standard InChI is InChI=1S/C22H37N3O2/c26-21(25-14-6-8-18-7-2-3-9-20(18)25)17-23-15-10-19(11-16-23)22(27)24-12-4-1-5-13-24/h18-20H,1-17H2. The number of rotatable bonds is 3. The molecule has 1 aliphatic carbocycles. The van der Waals surface area contributed by atoms with Crippen molar-refractivity contribution in [3.8, 4) is 0 Å². The molecular formula is C22H37N3O2. The van der Waals surface area contributed by atoms with E-state index in [9.17, 15) is 9.59 Å². The van der Waals surface area contributed by atoms with Crippen molar-refractivity contribution in [2.45, 2.75) is 76.7 Å². The number of carbonyl (C=O) groups is 2. The summed E-state index contributed by atoms with van der Waals surface area (Å²) in [5, 5.41) is 0. The molecule has 2 atom stereocenters. The Hall–Kier alpha value is -1.10. The molecule has 0 spiro atoms. The van der Waals surface area contributed by atoms with Gasteiger partial charge in [0.25, 0.3) is 0 Å². The maximum atomic E-state index is 13.0. The Morgan fingerprint density at radius 1 is 0.704 bits per heavy atom. The SMILES string of the molecule is O=C(C1CCN(CC(=O)N2CCCC3CCCCC32)CC1)N1CCCCC1. The second kappa shape index (κ2) is 8.93. The second-order valence-corrected chi connectivity index (χ2v) is 9.28. The first-order valence-corrected chi connectivity index (χ1v) is 11.5. The van der Waals surface area contributed by atoms with Crippen molar-refractivity contribution >= 4 is 11.8 Å². The zero-order chi connectivity index (χ0) is 18.6. The third-order valence-electron chi connectivity index (χ3n) is 7.53. The van der Waals surface area contributed by atoms with Gasteiger partial charge in [0, 0.05) is 31.6 Å². The van der Waals surface area contributed by atoms with Gasteiger partial charge in [-0.05, 0) is 76.8 Å². The summed E-state index contributed by atoms with van der Waals surface area (Å²) in [6.45, 7) is 5.23. The van der Waals surface area contributed by atoms with E-state index in [4.69, 9.17) is 0 Å². The maximum absolute atomic E-state index is 13.0. The van der Waals surface area contributed by atoms with E-state index in [0.29, 0.717) is 24.4 Å². The Kier molecular flexibility index (Phi) is 6.36. The van der Waals surface area contributed by atoms with Gasteiger partial charge in [-0.1, -0.05) is 12.8 Å². The van der Waals surface area contributed by atoms with Gasteiger partial charge in [-0.2, -0.15) is 0 Å². The first-order chi connectivity index (χ1) is 13.2. The van der Waals surface area contributed by atoms with Crippen LogP contribution in [0.25, 0.3) is 0 Å². The minimum absolute atomic E-state index is 0.187. The average Bonchev–Trinajstić information content (AvgIpc) is 2.74. The number of amides is 2. The summed E-state index contributed by atoms with van der Waals surface area (Å²) in [5.41, 5.74) is 0. The number of fused-ring (bicyclic) bond motifs is 1. The van der Waals surface area contributed by atoms with E-state index in [0.717, 1.165) is 64.3 Å². The smallest absolute Gasteiger partial charge is 0.237 e. The van der Waals surface area contributed by atoms with Gasteiger partial charge in [0.2, 0.25) is 11.8 Å². The minimum Gasteiger partial charge on any atom is -0.342 e. The zero-order valence-electron chi connectivity index (χ0n) is 16.9. The van der Waals surface area contributed by atoms with Crippen LogP contribution >= 0.6 is 0 Å². The van der Waals surface area contributed by atoms with Gasteiger partial charge >= 0.3 is 0 Å². The van der Waals surface area contributed by atoms with E-state index in [2.05, 4.69) is 14.7 Å². The van der Waals surface area contributed by atoms with Crippen LogP contribution in [0.3, 0.4) is 0 Å². The molecule has 0 radical (unpaired) electrons. The fourth-order valence-electron chi connectivity index (χ4n) is 5.93. The van der Waals surface area contributed by atoms with E-state index in [1.54, 1.807) is 0 Å². The Morgan fingerprint density at radius 3 is 2.19 bits per heavy atom. The molecule has 0 aromatic carbocycles. The van der Waals surface area contributed by atoms with Crippen molar-refractivity contribution < 1.29 is 9.59 Å². The molecule has 0 N–H and O–H groups in total. The van der Waals surface area contributed by atoms with Crippen LogP contribution < -0.4 is 0 Å². The molecule has 0 bridgehead atoms. The largest absolute Gasteiger partial charge is 0.342 e. The van der Waals surface area contributed by atoms with E-state index >= 15 is 0 Å². The molecule has 4 fully saturated rings. The Morgan fingerprint density at radius 2 is 1.41 bits per heavy atom. The predicted molar refractivity (Wildman–Crippen MR) is 106 cm³/mol. The highest BCUT2D eigenvalue weighted by atomic mass is 16.2. The molecule has 2 unspecified atom stereocenters. The molecule has 152 valence electrons. The highest BCUT2D eigenvalue weighted by Crippen LogP contribution is 2.35. The molecule has 3 heterocycles. The van der Waals surface area contributed by atoms with Gasteiger partial charge < -0.3 is 9.80 Å². The predicted octanol–water partition coefficient (Wildman–Crippen LogP) is 2.89. The topological polar surface area (TPSA) is 43.9 Å². The van der Waals surface area contributed by atoms with Crippen LogP contribution in [-0.4, -0.2) is 71.8 Å². The fraction of sp³-hybridized carbons (Fsp3) is 0.909. The molecule has 4 aliphatic rings. The average molecular weight is 376 g/mol. The van der Waals surface area contributed by atoms with Crippen molar-refractivity contribution in [2.24, 2.45) is 11.8 Å². The lowest BCUT2D eigenvalue weighted by atomic mass is 9.78. The second-order valence-electron chi connectivity index (χ2n) is 9.28. The van der Waals surface area contributed by atoms with E-state index in [-0.39, 0.29) is 5.92 Å². The van der Waals surface area contributed by atoms with Gasteiger partial charge in [-0.15, -0.1) is 0 Å². The van der Waals surface area contributed by atoms with E-state index < -0.39 is 0 Å². The van der Waals surface area contributed by atoms with Crippen LogP contribution in [0.1, 0.15) is 70.6 Å². The summed E-state index contributed by atoms with van der Waals surface area (Å²) in [7, 11) is 0. The number of likely N-dealkylation sites (tertiary alicyclic amines) is 3. The highest BCUT2D eigenvalue weighted by Gasteiger charge is 2.36. The van der Waals surface area contributed by atoms with Gasteiger partial charge in [-0.25, -0.2) is 0 Å². The van der Waals surface area contributed by atoms with Crippen LogP contribution in [0.4, 0.5) is 0 Å². The number of hydrogen-bond acceptors (Lipinski definition) is 3. The van der Waals surface area contributed by atoms with Gasteiger partial charge in [0.15, 0.2) is 0 Å². The van der Waals surface area contributed by atoms with Crippen molar-refractivity contribution in [1.29, 1.82) is 0 Å². The summed E-state index contributed by atoms with van der Waals surface area (Å²) in [6, 6.07) is 0.512. The van der Waals surface area contributed by atoms with Crippen molar-refractivity contribution in [3.05, 3.63) is 0 Å². The molecule has 27 heavy (non-hydrogen) atoms. The molecule has 3 aliphatic heterocycles. The van der Waals surface area contributed by atoms with Gasteiger partial charge in [0.1, 0.15) is 0 Å². The summed E-state index contributed by atoms with van der Waals surface area (Å²) in [4.78, 5) is 32.3. The van der Waals surface area contributed by atoms with Crippen LogP contribution in [0, 0.1) is 11.8 Å². The Bertz CT molecular complexity index is 522. The lowest BCUT2D eigenvalue weighted by Gasteiger charge is -2.45. The molecule has 5 heteroatoms. The first-order valence-electron chi connectivity index (χ1n) is 11.5. The first kappa shape index (κ1) is 19.2. The van der Waals surface area contributed by atoms with E-state index in [1.807, 2.05) is 0 Å². The highest BCUT2D eigenvalue weighted by molar-refractivity contribution is 5.80. The molecule has 4 rings (SSSR count). The zero-order valence-corrected chi connectivity index (χ0v) is 16.9. The summed E-state index contributed by atoms with van der Waals surface area (Å²) in [6.07, 6.45) is 13.1. The lowest BCUT2D eigenvalue weighted by molar-refractivity contribution is -0.140. The lowest BCUT2D eigenvalue weighted by Crippen LogP contribution is -2.53. The Labute approximate surface area is 164 Å². The summed E-state index contributed by atoms with van der Waals surface area (Å²) < 4.78 is 0. The van der Waals surface area contributed by atoms with Crippen molar-refractivity contribution in [3.63, 3.8) is 0 Å². The summed E-state index contributed by atoms with van der Waals surface area (Å²) >= 11 is 0. The molecule has 1 saturated carbocycles. The number of hydrogen-bond donors (Lipinski definition) is 0. The Balaban J connectivity index is 1.25. The molecular weight excluding hydrogens is 338 g/mol. The quantitative estimate of drug-likeness (QED) is 0.762. The third-order valence-corrected chi connectivity index (χ3v) is 7.53. The number of nitrogens with zero attached hydrogens (tertiary/aromatic N) is 3. The number of piperidine rings is 3. The number of carbonyl (C=O) groups excluding carboxylic acids is 2. The van der Waals surface area contributed by atoms with Crippen molar-refractivity contribution in [2.75, 3.05) is 39.3 Å². The third kappa shape index (κ3) is 4.49. The summed E-state index contributed by atoms with van der Waals surface area (Å²) in [5.74, 6) is 1.66. The van der Waals surface area contributed by atoms with Crippen molar-refractivity contribution in [1.82, 2.24) is 14.7 Å². The normalized spacial score (nSPS) is 30.8. The van der Waals surface area contributed by atoms with Crippen LogP contribution in [0.2, 0.25) is 0 Å². The molecule has 5 nitrogen and oxygen atoms in total. The van der Waals surface area contributed by atoms with E-state index in [1.165, 1.54) is 44.9 Å². The monoisotopic (exact) mass is 375 g/mol. The maximum Gasteiger partial charge on any atom is 0.237 e. The molecule has 0 aromatic rings. The molecule has 3 saturated heterocycles. The molecule has 2 amide bonds. The van der Waals surface area contributed by atoms with Gasteiger partial charge in [-0.3, -0.25) is 14.5 Å². The fourth-order valence-corrected chi connectivity index (χ4v) is 5.93. The molecule has 0 aromatic heterocycles. The van der Waals surface area contributed by atoms with Crippen LogP contribution in [0.15, 0.2) is 0 Å².